The lowest BCUT2D eigenvalue weighted by molar-refractivity contribution is 0.0982. The van der Waals surface area contributed by atoms with Crippen LogP contribution < -0.4 is 4.90 Å². The average molecular weight is 489 g/mol. The average Bonchev–Trinajstić information content (AvgIpc) is 2.93. The largest absolute Gasteiger partial charge is 0.508 e. The molecule has 0 saturated heterocycles. The first-order valence-electron chi connectivity index (χ1n) is 11.7. The fourth-order valence-corrected chi connectivity index (χ4v) is 4.06. The van der Waals surface area contributed by atoms with Gasteiger partial charge < -0.3 is 15.1 Å². The van der Waals surface area contributed by atoms with Crippen LogP contribution in [-0.2, 0) is 6.54 Å². The minimum Gasteiger partial charge on any atom is -0.508 e. The second kappa shape index (κ2) is 10.3. The van der Waals surface area contributed by atoms with E-state index in [-0.39, 0.29) is 23.0 Å². The molecule has 0 fully saturated rings. The van der Waals surface area contributed by atoms with Crippen molar-refractivity contribution in [3.63, 3.8) is 0 Å². The summed E-state index contributed by atoms with van der Waals surface area (Å²) in [4.78, 5) is 28.5. The summed E-state index contributed by atoms with van der Waals surface area (Å²) in [6, 6.07) is 24.9. The number of amides is 1. The number of hydrogen-bond donors (Lipinski definition) is 2. The molecule has 7 nitrogen and oxygen atoms in total. The minimum absolute atomic E-state index is 0.102. The number of aryl methyl sites for hydroxylation is 1. The maximum Gasteiger partial charge on any atom is 0.262 e. The Labute approximate surface area is 214 Å². The van der Waals surface area contributed by atoms with Crippen LogP contribution in [-0.4, -0.2) is 31.1 Å². The van der Waals surface area contributed by atoms with E-state index in [0.717, 1.165) is 34.0 Å². The Morgan fingerprint density at radius 1 is 0.865 bits per heavy atom. The van der Waals surface area contributed by atoms with E-state index >= 15 is 0 Å². The summed E-state index contributed by atoms with van der Waals surface area (Å²) in [6.45, 7) is 2.26. The van der Waals surface area contributed by atoms with Crippen molar-refractivity contribution >= 4 is 11.6 Å². The van der Waals surface area contributed by atoms with Gasteiger partial charge in [-0.1, -0.05) is 42.5 Å². The molecule has 1 amide bonds. The lowest BCUT2D eigenvalue weighted by Crippen LogP contribution is -2.30. The van der Waals surface area contributed by atoms with Crippen LogP contribution in [0, 0.1) is 6.92 Å². The molecule has 0 radical (unpaired) electrons. The fourth-order valence-electron chi connectivity index (χ4n) is 4.06. The Morgan fingerprint density at radius 2 is 1.65 bits per heavy atom. The molecule has 0 aliphatic heterocycles. The smallest absolute Gasteiger partial charge is 0.262 e. The Morgan fingerprint density at radius 3 is 2.35 bits per heavy atom. The molecule has 5 rings (SSSR count). The monoisotopic (exact) mass is 488 g/mol. The highest BCUT2D eigenvalue weighted by atomic mass is 16.3. The SMILES string of the molecule is Cc1cnc(-c2cccnc2)nc1-c1ccc(N(Cc2ccccc2)C(=O)c2ccc(O)cc2O)cc1. The summed E-state index contributed by atoms with van der Waals surface area (Å²) in [7, 11) is 0. The summed E-state index contributed by atoms with van der Waals surface area (Å²) in [5.74, 6) is -0.189. The number of aromatic nitrogens is 3. The molecule has 2 aromatic heterocycles. The van der Waals surface area contributed by atoms with Gasteiger partial charge in [0.2, 0.25) is 0 Å². The molecular weight excluding hydrogens is 464 g/mol. The van der Waals surface area contributed by atoms with Crippen molar-refractivity contribution in [3.05, 3.63) is 120 Å². The third-order valence-electron chi connectivity index (χ3n) is 5.98. The second-order valence-corrected chi connectivity index (χ2v) is 8.59. The molecule has 0 saturated carbocycles. The second-order valence-electron chi connectivity index (χ2n) is 8.59. The zero-order valence-electron chi connectivity index (χ0n) is 20.1. The van der Waals surface area contributed by atoms with Crippen molar-refractivity contribution in [1.82, 2.24) is 15.0 Å². The number of phenolic OH excluding ortho intramolecular Hbond substituents is 2. The van der Waals surface area contributed by atoms with Gasteiger partial charge in [0.05, 0.1) is 17.8 Å². The first-order valence-corrected chi connectivity index (χ1v) is 11.7. The van der Waals surface area contributed by atoms with Gasteiger partial charge in [0.15, 0.2) is 5.82 Å². The van der Waals surface area contributed by atoms with Crippen LogP contribution in [0.15, 0.2) is 104 Å². The zero-order valence-corrected chi connectivity index (χ0v) is 20.1. The van der Waals surface area contributed by atoms with Gasteiger partial charge in [0.25, 0.3) is 5.91 Å². The van der Waals surface area contributed by atoms with Crippen LogP contribution in [0.4, 0.5) is 5.69 Å². The molecule has 182 valence electrons. The van der Waals surface area contributed by atoms with Crippen molar-refractivity contribution in [2.45, 2.75) is 13.5 Å². The summed E-state index contributed by atoms with van der Waals surface area (Å²) in [6.07, 6.45) is 5.22. The van der Waals surface area contributed by atoms with Gasteiger partial charge in [-0.2, -0.15) is 0 Å². The Hall–Kier alpha value is -5.04. The minimum atomic E-state index is -0.383. The molecule has 0 aliphatic rings. The van der Waals surface area contributed by atoms with Crippen molar-refractivity contribution in [3.8, 4) is 34.1 Å². The number of anilines is 1. The van der Waals surface area contributed by atoms with Crippen molar-refractivity contribution in [1.29, 1.82) is 0 Å². The standard InChI is InChI=1S/C30H24N4O3/c1-20-17-32-29(23-8-5-15-31-18-23)33-28(20)22-9-11-24(12-10-22)34(19-21-6-3-2-4-7-21)30(37)26-14-13-25(35)16-27(26)36/h2-18,35-36H,19H2,1H3. The molecule has 2 heterocycles. The number of nitrogens with zero attached hydrogens (tertiary/aromatic N) is 4. The lowest BCUT2D eigenvalue weighted by atomic mass is 10.1. The summed E-state index contributed by atoms with van der Waals surface area (Å²) >= 11 is 0. The molecule has 0 spiro atoms. The van der Waals surface area contributed by atoms with E-state index in [1.54, 1.807) is 23.5 Å². The van der Waals surface area contributed by atoms with Crippen LogP contribution in [0.2, 0.25) is 0 Å². The molecule has 0 atom stereocenters. The third-order valence-corrected chi connectivity index (χ3v) is 5.98. The third kappa shape index (κ3) is 5.16. The van der Waals surface area contributed by atoms with Crippen LogP contribution >= 0.6 is 0 Å². The zero-order chi connectivity index (χ0) is 25.8. The van der Waals surface area contributed by atoms with E-state index in [1.807, 2.05) is 73.7 Å². The van der Waals surface area contributed by atoms with Gasteiger partial charge in [-0.3, -0.25) is 9.78 Å². The van der Waals surface area contributed by atoms with E-state index in [4.69, 9.17) is 4.98 Å². The summed E-state index contributed by atoms with van der Waals surface area (Å²) < 4.78 is 0. The summed E-state index contributed by atoms with van der Waals surface area (Å²) in [5.41, 5.74) is 5.12. The highest BCUT2D eigenvalue weighted by Gasteiger charge is 2.22. The van der Waals surface area contributed by atoms with E-state index in [2.05, 4.69) is 9.97 Å². The Kier molecular flexibility index (Phi) is 6.59. The normalized spacial score (nSPS) is 10.7. The maximum atomic E-state index is 13.6. The van der Waals surface area contributed by atoms with E-state index in [1.165, 1.54) is 12.1 Å². The van der Waals surface area contributed by atoms with Gasteiger partial charge in [0, 0.05) is 41.5 Å². The van der Waals surface area contributed by atoms with E-state index in [0.29, 0.717) is 18.1 Å². The highest BCUT2D eigenvalue weighted by Crippen LogP contribution is 2.30. The molecule has 3 aromatic carbocycles. The molecule has 0 bridgehead atoms. The quantitative estimate of drug-likeness (QED) is 0.315. The van der Waals surface area contributed by atoms with E-state index < -0.39 is 0 Å². The van der Waals surface area contributed by atoms with Crippen LogP contribution in [0.1, 0.15) is 21.5 Å². The fraction of sp³-hybridized carbons (Fsp3) is 0.0667. The van der Waals surface area contributed by atoms with Gasteiger partial charge in [0.1, 0.15) is 11.5 Å². The van der Waals surface area contributed by atoms with Gasteiger partial charge in [-0.25, -0.2) is 9.97 Å². The molecule has 0 aliphatic carbocycles. The Balaban J connectivity index is 1.51. The highest BCUT2D eigenvalue weighted by molar-refractivity contribution is 6.08. The number of hydrogen-bond acceptors (Lipinski definition) is 6. The molecule has 0 unspecified atom stereocenters. The first-order chi connectivity index (χ1) is 18.0. The number of pyridine rings is 1. The predicted octanol–water partition coefficient (Wildman–Crippen LogP) is 5.77. The van der Waals surface area contributed by atoms with Crippen LogP contribution in [0.5, 0.6) is 11.5 Å². The van der Waals surface area contributed by atoms with Gasteiger partial charge in [-0.05, 0) is 54.4 Å². The Bertz CT molecular complexity index is 1540. The number of benzene rings is 3. The predicted molar refractivity (Wildman–Crippen MR) is 142 cm³/mol. The van der Waals surface area contributed by atoms with Crippen molar-refractivity contribution in [2.24, 2.45) is 0 Å². The van der Waals surface area contributed by atoms with Crippen LogP contribution in [0.25, 0.3) is 22.6 Å². The number of phenols is 2. The number of aromatic hydroxyl groups is 2. The van der Waals surface area contributed by atoms with E-state index in [9.17, 15) is 15.0 Å². The topological polar surface area (TPSA) is 99.4 Å². The van der Waals surface area contributed by atoms with Crippen LogP contribution in [0.3, 0.4) is 0 Å². The van der Waals surface area contributed by atoms with Crippen molar-refractivity contribution < 1.29 is 15.0 Å². The van der Waals surface area contributed by atoms with Gasteiger partial charge >= 0.3 is 0 Å². The molecule has 5 aromatic rings. The van der Waals surface area contributed by atoms with Crippen molar-refractivity contribution in [2.75, 3.05) is 4.90 Å². The molecular formula is C30H24N4O3. The molecule has 2 N–H and O–H groups in total. The molecule has 7 heteroatoms. The maximum absolute atomic E-state index is 13.6. The first kappa shape index (κ1) is 23.7. The lowest BCUT2D eigenvalue weighted by Gasteiger charge is -2.24. The number of rotatable bonds is 6. The molecule has 37 heavy (non-hydrogen) atoms. The van der Waals surface area contributed by atoms with Gasteiger partial charge in [-0.15, -0.1) is 0 Å². The number of carbonyl (C=O) groups is 1. The number of carbonyl (C=O) groups excluding carboxylic acids is 1. The summed E-state index contributed by atoms with van der Waals surface area (Å²) in [5, 5.41) is 20.0.